The highest BCUT2D eigenvalue weighted by Crippen LogP contribution is 2.31. The molecule has 2 aromatic rings. The monoisotopic (exact) mass is 343 g/mol. The van der Waals surface area contributed by atoms with E-state index in [1.165, 1.54) is 6.92 Å². The number of carbonyl (C=O) groups is 2. The predicted octanol–water partition coefficient (Wildman–Crippen LogP) is 3.07. The lowest BCUT2D eigenvalue weighted by Gasteiger charge is -2.08. The molecule has 5 nitrogen and oxygen atoms in total. The maximum absolute atomic E-state index is 13.2. The average molecular weight is 343 g/mol. The molecular weight excluding hydrogens is 331 g/mol. The van der Waals surface area contributed by atoms with Gasteiger partial charge in [-0.2, -0.15) is 0 Å². The second-order valence-electron chi connectivity index (χ2n) is 4.65. The molecule has 23 heavy (non-hydrogen) atoms. The van der Waals surface area contributed by atoms with Gasteiger partial charge in [-0.25, -0.2) is 13.2 Å². The Morgan fingerprint density at radius 3 is 2.48 bits per heavy atom. The molecule has 5 N–H and O–H groups in total. The van der Waals surface area contributed by atoms with Crippen LogP contribution in [0.5, 0.6) is 0 Å². The molecule has 2 rings (SSSR count). The van der Waals surface area contributed by atoms with Crippen molar-refractivity contribution in [3.8, 4) is 0 Å². The number of halogens is 3. The summed E-state index contributed by atoms with van der Waals surface area (Å²) in [6.07, 6.45) is -3.01. The molecular formula is C14H12F3N3O2S. The molecule has 1 aromatic carbocycles. The number of alkyl halides is 2. The van der Waals surface area contributed by atoms with Crippen molar-refractivity contribution in [2.24, 2.45) is 5.73 Å². The van der Waals surface area contributed by atoms with Gasteiger partial charge in [0.25, 0.3) is 18.2 Å². The molecule has 9 heteroatoms. The Morgan fingerprint density at radius 2 is 1.96 bits per heavy atom. The Kier molecular flexibility index (Phi) is 4.60. The molecule has 0 radical (unpaired) electrons. The number of anilines is 2. The van der Waals surface area contributed by atoms with Gasteiger partial charge >= 0.3 is 0 Å². The van der Waals surface area contributed by atoms with E-state index in [9.17, 15) is 22.8 Å². The fourth-order valence-corrected chi connectivity index (χ4v) is 3.01. The third-order valence-electron chi connectivity index (χ3n) is 3.12. The zero-order valence-corrected chi connectivity index (χ0v) is 12.6. The van der Waals surface area contributed by atoms with Crippen molar-refractivity contribution < 1.29 is 22.8 Å². The zero-order chi connectivity index (χ0) is 17.3. The van der Waals surface area contributed by atoms with E-state index in [1.54, 1.807) is 0 Å². The molecule has 0 aliphatic carbocycles. The number of nitrogen functional groups attached to an aromatic ring is 1. The van der Waals surface area contributed by atoms with E-state index in [0.717, 1.165) is 29.5 Å². The minimum Gasteiger partial charge on any atom is -0.390 e. The van der Waals surface area contributed by atoms with Crippen molar-refractivity contribution in [3.63, 3.8) is 0 Å². The molecule has 0 spiro atoms. The van der Waals surface area contributed by atoms with Crippen molar-refractivity contribution in [2.75, 3.05) is 11.1 Å². The van der Waals surface area contributed by atoms with Gasteiger partial charge in [-0.15, -0.1) is 11.3 Å². The summed E-state index contributed by atoms with van der Waals surface area (Å²) in [5, 5.41) is 2.46. The highest BCUT2D eigenvalue weighted by Gasteiger charge is 2.22. The Hall–Kier alpha value is -2.55. The summed E-state index contributed by atoms with van der Waals surface area (Å²) >= 11 is 0.853. The van der Waals surface area contributed by atoms with Crippen LogP contribution >= 0.6 is 11.3 Å². The lowest BCUT2D eigenvalue weighted by molar-refractivity contribution is 0.100. The van der Waals surface area contributed by atoms with E-state index in [4.69, 9.17) is 11.5 Å². The lowest BCUT2D eigenvalue weighted by Crippen LogP contribution is -2.15. The first kappa shape index (κ1) is 16.8. The van der Waals surface area contributed by atoms with Crippen molar-refractivity contribution >= 4 is 33.8 Å². The fraction of sp³-hybridized carbons (Fsp3) is 0.143. The SMILES string of the molecule is Cc1c(C(=O)Nc2ccc(F)c(C(F)F)c2)sc(N)c1C(N)=O. The molecule has 122 valence electrons. The summed E-state index contributed by atoms with van der Waals surface area (Å²) in [5.41, 5.74) is 10.4. The number of primary amides is 1. The van der Waals surface area contributed by atoms with Gasteiger partial charge in [-0.3, -0.25) is 9.59 Å². The van der Waals surface area contributed by atoms with Crippen LogP contribution in [0, 0.1) is 12.7 Å². The molecule has 1 heterocycles. The smallest absolute Gasteiger partial charge is 0.266 e. The van der Waals surface area contributed by atoms with E-state index in [-0.39, 0.29) is 21.1 Å². The van der Waals surface area contributed by atoms with Crippen LogP contribution in [0.1, 0.15) is 37.6 Å². The van der Waals surface area contributed by atoms with Gasteiger partial charge in [0.1, 0.15) is 5.82 Å². The molecule has 0 unspecified atom stereocenters. The Balaban J connectivity index is 2.32. The molecule has 0 fully saturated rings. The highest BCUT2D eigenvalue weighted by atomic mass is 32.1. The van der Waals surface area contributed by atoms with Gasteiger partial charge in [-0.1, -0.05) is 0 Å². The number of amides is 2. The molecule has 2 amide bonds. The quantitative estimate of drug-likeness (QED) is 0.795. The number of benzene rings is 1. The van der Waals surface area contributed by atoms with Crippen LogP contribution in [-0.2, 0) is 0 Å². The topological polar surface area (TPSA) is 98.2 Å². The Morgan fingerprint density at radius 1 is 1.30 bits per heavy atom. The summed E-state index contributed by atoms with van der Waals surface area (Å²) in [7, 11) is 0. The highest BCUT2D eigenvalue weighted by molar-refractivity contribution is 7.18. The third-order valence-corrected chi connectivity index (χ3v) is 4.24. The number of rotatable bonds is 4. The molecule has 1 aromatic heterocycles. The standard InChI is InChI=1S/C14H12F3N3O2S/c1-5-9(12(18)21)13(19)23-10(5)14(22)20-6-2-3-8(15)7(4-6)11(16)17/h2-4,11H,19H2,1H3,(H2,18,21)(H,20,22). The van der Waals surface area contributed by atoms with E-state index in [0.29, 0.717) is 5.56 Å². The van der Waals surface area contributed by atoms with Crippen molar-refractivity contribution in [1.82, 2.24) is 0 Å². The maximum atomic E-state index is 13.2. The second kappa shape index (κ2) is 6.29. The van der Waals surface area contributed by atoms with Gasteiger partial charge < -0.3 is 16.8 Å². The summed E-state index contributed by atoms with van der Waals surface area (Å²) < 4.78 is 38.5. The molecule has 0 saturated heterocycles. The predicted molar refractivity (Wildman–Crippen MR) is 81.3 cm³/mol. The zero-order valence-electron chi connectivity index (χ0n) is 11.8. The molecule has 0 aliphatic rings. The summed E-state index contributed by atoms with van der Waals surface area (Å²) in [4.78, 5) is 23.6. The van der Waals surface area contributed by atoms with Crippen molar-refractivity contribution in [3.05, 3.63) is 45.6 Å². The summed E-state index contributed by atoms with van der Waals surface area (Å²) in [6, 6.07) is 2.83. The number of nitrogens with one attached hydrogen (secondary N) is 1. The van der Waals surface area contributed by atoms with Crippen molar-refractivity contribution in [2.45, 2.75) is 13.3 Å². The number of nitrogens with two attached hydrogens (primary N) is 2. The molecule has 0 saturated carbocycles. The minimum absolute atomic E-state index is 0.00121. The number of hydrogen-bond acceptors (Lipinski definition) is 4. The van der Waals surface area contributed by atoms with Gasteiger partial charge in [0.05, 0.1) is 21.0 Å². The van der Waals surface area contributed by atoms with Gasteiger partial charge in [0.2, 0.25) is 0 Å². The molecule has 0 atom stereocenters. The van der Waals surface area contributed by atoms with Crippen LogP contribution in [0.25, 0.3) is 0 Å². The number of thiophene rings is 1. The largest absolute Gasteiger partial charge is 0.390 e. The van der Waals surface area contributed by atoms with Crippen LogP contribution in [0.2, 0.25) is 0 Å². The molecule has 0 bridgehead atoms. The second-order valence-corrected chi connectivity index (χ2v) is 5.70. The van der Waals surface area contributed by atoms with Gasteiger partial charge in [-0.05, 0) is 30.7 Å². The van der Waals surface area contributed by atoms with Crippen LogP contribution in [-0.4, -0.2) is 11.8 Å². The first-order chi connectivity index (χ1) is 10.7. The fourth-order valence-electron chi connectivity index (χ4n) is 2.04. The van der Waals surface area contributed by atoms with Gasteiger partial charge in [0.15, 0.2) is 0 Å². The van der Waals surface area contributed by atoms with Crippen molar-refractivity contribution in [1.29, 1.82) is 0 Å². The molecule has 0 aliphatic heterocycles. The number of carbonyl (C=O) groups excluding carboxylic acids is 2. The Bertz CT molecular complexity index is 790. The van der Waals surface area contributed by atoms with Crippen LogP contribution in [0.15, 0.2) is 18.2 Å². The normalized spacial score (nSPS) is 10.8. The summed E-state index contributed by atoms with van der Waals surface area (Å²) in [6.45, 7) is 1.50. The average Bonchev–Trinajstić information content (AvgIpc) is 2.75. The first-order valence-corrected chi connectivity index (χ1v) is 7.11. The van der Waals surface area contributed by atoms with E-state index >= 15 is 0 Å². The third kappa shape index (κ3) is 3.29. The number of hydrogen-bond donors (Lipinski definition) is 3. The van der Waals surface area contributed by atoms with Crippen LogP contribution in [0.4, 0.5) is 23.9 Å². The van der Waals surface area contributed by atoms with E-state index in [1.807, 2.05) is 0 Å². The van der Waals surface area contributed by atoms with Gasteiger partial charge in [0, 0.05) is 5.69 Å². The van der Waals surface area contributed by atoms with E-state index < -0.39 is 29.6 Å². The summed E-state index contributed by atoms with van der Waals surface area (Å²) in [5.74, 6) is -2.49. The van der Waals surface area contributed by atoms with Crippen LogP contribution < -0.4 is 16.8 Å². The maximum Gasteiger partial charge on any atom is 0.266 e. The lowest BCUT2D eigenvalue weighted by atomic mass is 10.1. The Labute approximate surface area is 133 Å². The van der Waals surface area contributed by atoms with E-state index in [2.05, 4.69) is 5.32 Å². The van der Waals surface area contributed by atoms with Crippen LogP contribution in [0.3, 0.4) is 0 Å². The minimum atomic E-state index is -3.01. The first-order valence-electron chi connectivity index (χ1n) is 6.30.